The summed E-state index contributed by atoms with van der Waals surface area (Å²) in [6, 6.07) is 8.19. The number of hydrogen-bond donors (Lipinski definition) is 1. The molecule has 1 aromatic heterocycles. The molecule has 1 amide bonds. The second kappa shape index (κ2) is 6.18. The molecule has 4 nitrogen and oxygen atoms in total. The van der Waals surface area contributed by atoms with Crippen LogP contribution in [-0.2, 0) is 12.8 Å². The number of anilines is 1. The predicted molar refractivity (Wildman–Crippen MR) is 90.7 cm³/mol. The molecular formula is C17H21N3OS. The molecule has 1 unspecified atom stereocenters. The predicted octanol–water partition coefficient (Wildman–Crippen LogP) is 3.12. The zero-order valence-electron chi connectivity index (χ0n) is 13.2. The van der Waals surface area contributed by atoms with E-state index in [4.69, 9.17) is 0 Å². The van der Waals surface area contributed by atoms with Gasteiger partial charge < -0.3 is 4.90 Å². The number of likely N-dealkylation sites (N-methyl/N-ethyl adjacent to an activating group) is 1. The molecule has 5 heteroatoms. The van der Waals surface area contributed by atoms with Crippen LogP contribution in [0.3, 0.4) is 0 Å². The van der Waals surface area contributed by atoms with Crippen LogP contribution in [0, 0.1) is 6.92 Å². The van der Waals surface area contributed by atoms with E-state index in [1.165, 1.54) is 4.88 Å². The third kappa shape index (κ3) is 3.20. The van der Waals surface area contributed by atoms with Crippen LogP contribution < -0.4 is 5.32 Å². The van der Waals surface area contributed by atoms with Crippen LogP contribution in [-0.4, -0.2) is 35.9 Å². The van der Waals surface area contributed by atoms with E-state index in [2.05, 4.69) is 29.3 Å². The lowest BCUT2D eigenvalue weighted by Gasteiger charge is -2.27. The zero-order chi connectivity index (χ0) is 15.7. The van der Waals surface area contributed by atoms with E-state index in [0.29, 0.717) is 11.6 Å². The number of carbonyl (C=O) groups excluding carboxylic acids is 1. The lowest BCUT2D eigenvalue weighted by molar-refractivity contribution is 0.102. The molecule has 1 N–H and O–H groups in total. The van der Waals surface area contributed by atoms with Gasteiger partial charge in [-0.1, -0.05) is 17.7 Å². The van der Waals surface area contributed by atoms with Gasteiger partial charge >= 0.3 is 0 Å². The van der Waals surface area contributed by atoms with Crippen molar-refractivity contribution in [1.82, 2.24) is 9.88 Å². The van der Waals surface area contributed by atoms with Crippen molar-refractivity contribution >= 4 is 22.4 Å². The molecule has 116 valence electrons. The Morgan fingerprint density at radius 2 is 2.23 bits per heavy atom. The Kier molecular flexibility index (Phi) is 4.27. The van der Waals surface area contributed by atoms with Gasteiger partial charge in [-0.15, -0.1) is 11.3 Å². The molecule has 1 aliphatic carbocycles. The van der Waals surface area contributed by atoms with Crippen molar-refractivity contribution in [2.75, 3.05) is 19.4 Å². The molecule has 22 heavy (non-hydrogen) atoms. The molecule has 3 rings (SSSR count). The SMILES string of the molecule is Cc1cccc(C(=O)Nc2nc3c(s2)CC(N(C)C)CC3)c1. The molecule has 1 aromatic carbocycles. The highest BCUT2D eigenvalue weighted by Crippen LogP contribution is 2.31. The Hall–Kier alpha value is -1.72. The molecule has 1 aliphatic rings. The van der Waals surface area contributed by atoms with Gasteiger partial charge in [-0.3, -0.25) is 10.1 Å². The molecule has 0 spiro atoms. The third-order valence-corrected chi connectivity index (χ3v) is 5.18. The minimum atomic E-state index is -0.0843. The van der Waals surface area contributed by atoms with Crippen molar-refractivity contribution in [1.29, 1.82) is 0 Å². The number of nitrogens with one attached hydrogen (secondary N) is 1. The average molecular weight is 315 g/mol. The number of benzene rings is 1. The number of rotatable bonds is 3. The fraction of sp³-hybridized carbons (Fsp3) is 0.412. The van der Waals surface area contributed by atoms with Gasteiger partial charge in [-0.2, -0.15) is 0 Å². The van der Waals surface area contributed by atoms with Crippen molar-refractivity contribution < 1.29 is 4.79 Å². The van der Waals surface area contributed by atoms with Crippen molar-refractivity contribution in [2.24, 2.45) is 0 Å². The van der Waals surface area contributed by atoms with E-state index in [-0.39, 0.29) is 5.91 Å². The van der Waals surface area contributed by atoms with Gasteiger partial charge in [-0.25, -0.2) is 4.98 Å². The first-order chi connectivity index (χ1) is 10.5. The largest absolute Gasteiger partial charge is 0.306 e. The summed E-state index contributed by atoms with van der Waals surface area (Å²) in [6.45, 7) is 1.99. The lowest BCUT2D eigenvalue weighted by Crippen LogP contribution is -2.32. The van der Waals surface area contributed by atoms with E-state index in [1.54, 1.807) is 11.3 Å². The minimum Gasteiger partial charge on any atom is -0.306 e. The smallest absolute Gasteiger partial charge is 0.257 e. The molecule has 0 aliphatic heterocycles. The Bertz CT molecular complexity index is 693. The van der Waals surface area contributed by atoms with Gasteiger partial charge in [-0.05, 0) is 52.4 Å². The molecule has 0 radical (unpaired) electrons. The topological polar surface area (TPSA) is 45.2 Å². The summed E-state index contributed by atoms with van der Waals surface area (Å²) in [5, 5.41) is 3.66. The van der Waals surface area contributed by atoms with Gasteiger partial charge in [0.05, 0.1) is 5.69 Å². The van der Waals surface area contributed by atoms with E-state index in [9.17, 15) is 4.79 Å². The highest BCUT2D eigenvalue weighted by Gasteiger charge is 2.24. The van der Waals surface area contributed by atoms with Gasteiger partial charge in [0, 0.05) is 16.5 Å². The summed E-state index contributed by atoms with van der Waals surface area (Å²) >= 11 is 1.61. The molecule has 0 fully saturated rings. The fourth-order valence-corrected chi connectivity index (χ4v) is 3.88. The second-order valence-corrected chi connectivity index (χ2v) is 7.16. The summed E-state index contributed by atoms with van der Waals surface area (Å²) in [5.74, 6) is -0.0843. The Morgan fingerprint density at radius 3 is 2.95 bits per heavy atom. The first kappa shape index (κ1) is 15.2. The van der Waals surface area contributed by atoms with Crippen LogP contribution in [0.15, 0.2) is 24.3 Å². The zero-order valence-corrected chi connectivity index (χ0v) is 14.0. The van der Waals surface area contributed by atoms with Crippen molar-refractivity contribution in [3.8, 4) is 0 Å². The molecule has 0 saturated carbocycles. The quantitative estimate of drug-likeness (QED) is 0.946. The third-order valence-electron chi connectivity index (χ3n) is 4.14. The number of aromatic nitrogens is 1. The standard InChI is InChI=1S/C17H21N3OS/c1-11-5-4-6-12(9-11)16(21)19-17-18-14-8-7-13(20(2)3)10-15(14)22-17/h4-6,9,13H,7-8,10H2,1-3H3,(H,18,19,21). The normalized spacial score (nSPS) is 17.4. The number of hydrogen-bond acceptors (Lipinski definition) is 4. The Morgan fingerprint density at radius 1 is 1.41 bits per heavy atom. The van der Waals surface area contributed by atoms with Crippen molar-refractivity contribution in [3.05, 3.63) is 46.0 Å². The second-order valence-electron chi connectivity index (χ2n) is 6.07. The Balaban J connectivity index is 1.73. The van der Waals surface area contributed by atoms with Crippen LogP contribution in [0.2, 0.25) is 0 Å². The number of thiazole rings is 1. The highest BCUT2D eigenvalue weighted by atomic mass is 32.1. The minimum absolute atomic E-state index is 0.0843. The molecule has 0 bridgehead atoms. The van der Waals surface area contributed by atoms with Crippen molar-refractivity contribution in [3.63, 3.8) is 0 Å². The van der Waals surface area contributed by atoms with E-state index in [0.717, 1.165) is 35.7 Å². The molecule has 0 saturated heterocycles. The van der Waals surface area contributed by atoms with Crippen LogP contribution in [0.25, 0.3) is 0 Å². The van der Waals surface area contributed by atoms with E-state index < -0.39 is 0 Å². The summed E-state index contributed by atoms with van der Waals surface area (Å²) in [4.78, 5) is 20.5. The maximum absolute atomic E-state index is 12.3. The summed E-state index contributed by atoms with van der Waals surface area (Å²) in [6.07, 6.45) is 3.16. The maximum Gasteiger partial charge on any atom is 0.257 e. The molecule has 1 atom stereocenters. The maximum atomic E-state index is 12.3. The summed E-state index contributed by atoms with van der Waals surface area (Å²) in [5.41, 5.74) is 2.92. The monoisotopic (exact) mass is 315 g/mol. The van der Waals surface area contributed by atoms with Crippen LogP contribution in [0.4, 0.5) is 5.13 Å². The number of amides is 1. The number of carbonyl (C=O) groups is 1. The number of aryl methyl sites for hydroxylation is 2. The number of fused-ring (bicyclic) bond motifs is 1. The number of nitrogens with zero attached hydrogens (tertiary/aromatic N) is 2. The summed E-state index contributed by atoms with van der Waals surface area (Å²) in [7, 11) is 4.24. The van der Waals surface area contributed by atoms with Crippen LogP contribution >= 0.6 is 11.3 Å². The van der Waals surface area contributed by atoms with Crippen LogP contribution in [0.5, 0.6) is 0 Å². The fourth-order valence-electron chi connectivity index (χ4n) is 2.81. The Labute approximate surface area is 135 Å². The summed E-state index contributed by atoms with van der Waals surface area (Å²) < 4.78 is 0. The molecular weight excluding hydrogens is 294 g/mol. The highest BCUT2D eigenvalue weighted by molar-refractivity contribution is 7.15. The first-order valence-electron chi connectivity index (χ1n) is 7.56. The molecule has 1 heterocycles. The van der Waals surface area contributed by atoms with Gasteiger partial charge in [0.2, 0.25) is 0 Å². The van der Waals surface area contributed by atoms with E-state index >= 15 is 0 Å². The lowest BCUT2D eigenvalue weighted by atomic mass is 9.97. The van der Waals surface area contributed by atoms with E-state index in [1.807, 2.05) is 31.2 Å². The molecule has 2 aromatic rings. The first-order valence-corrected chi connectivity index (χ1v) is 8.37. The van der Waals surface area contributed by atoms with Crippen LogP contribution in [0.1, 0.15) is 32.9 Å². The van der Waals surface area contributed by atoms with Gasteiger partial charge in [0.1, 0.15) is 0 Å². The van der Waals surface area contributed by atoms with Gasteiger partial charge in [0.15, 0.2) is 5.13 Å². The van der Waals surface area contributed by atoms with Crippen molar-refractivity contribution in [2.45, 2.75) is 32.2 Å². The van der Waals surface area contributed by atoms with Gasteiger partial charge in [0.25, 0.3) is 5.91 Å². The average Bonchev–Trinajstić information content (AvgIpc) is 2.88.